The van der Waals surface area contributed by atoms with Crippen LogP contribution in [0.15, 0.2) is 18.2 Å². The largest absolute Gasteiger partial charge is 0.507 e. The second kappa shape index (κ2) is 8.08. The summed E-state index contributed by atoms with van der Waals surface area (Å²) >= 11 is 0. The van der Waals surface area contributed by atoms with Gasteiger partial charge < -0.3 is 14.2 Å². The Labute approximate surface area is 156 Å². The molecule has 1 N–H and O–H groups in total. The lowest BCUT2D eigenvalue weighted by Crippen LogP contribution is -2.17. The maximum Gasteiger partial charge on any atom is 0.327 e. The molecule has 6 heteroatoms. The number of carbonyl (C=O) groups excluding carboxylic acids is 1. The molecular formula is C20H31O5P. The average Bonchev–Trinajstić information content (AvgIpc) is 2.49. The lowest BCUT2D eigenvalue weighted by atomic mass is 9.78. The number of benzene rings is 1. The van der Waals surface area contributed by atoms with Gasteiger partial charge in [0, 0.05) is 24.9 Å². The zero-order valence-corrected chi connectivity index (χ0v) is 17.9. The molecule has 1 rings (SSSR count). The highest BCUT2D eigenvalue weighted by molar-refractivity contribution is 7.52. The van der Waals surface area contributed by atoms with Crippen LogP contribution < -0.4 is 0 Å². The molecule has 0 amide bonds. The van der Waals surface area contributed by atoms with Gasteiger partial charge in [0.05, 0.1) is 0 Å². The number of rotatable bonds is 6. The van der Waals surface area contributed by atoms with Crippen LogP contribution in [0.4, 0.5) is 0 Å². The summed E-state index contributed by atoms with van der Waals surface area (Å²) in [5.41, 5.74) is 1.98. The molecule has 5 nitrogen and oxygen atoms in total. The van der Waals surface area contributed by atoms with E-state index in [1.165, 1.54) is 19.9 Å². The molecule has 0 spiro atoms. The number of hydrogen-bond donors (Lipinski definition) is 1. The summed E-state index contributed by atoms with van der Waals surface area (Å²) in [6.07, 6.45) is 3.07. The first-order chi connectivity index (χ1) is 11.7. The van der Waals surface area contributed by atoms with E-state index in [0.717, 1.165) is 16.7 Å². The number of phenols is 1. The second-order valence-corrected chi connectivity index (χ2v) is 10.7. The number of hydrogen-bond acceptors (Lipinski definition) is 5. The van der Waals surface area contributed by atoms with Crippen molar-refractivity contribution in [3.05, 3.63) is 34.9 Å². The molecule has 0 aliphatic heterocycles. The normalized spacial score (nSPS) is 15.2. The van der Waals surface area contributed by atoms with Crippen molar-refractivity contribution >= 4 is 19.5 Å². The minimum Gasteiger partial charge on any atom is -0.507 e. The van der Waals surface area contributed by atoms with Gasteiger partial charge >= 0.3 is 7.60 Å². The van der Waals surface area contributed by atoms with Crippen molar-refractivity contribution in [2.24, 2.45) is 0 Å². The lowest BCUT2D eigenvalue weighted by molar-refractivity contribution is -0.116. The Bertz CT molecular complexity index is 701. The summed E-state index contributed by atoms with van der Waals surface area (Å²) in [7, 11) is -1.90. The fourth-order valence-electron chi connectivity index (χ4n) is 2.37. The van der Waals surface area contributed by atoms with Crippen LogP contribution in [0.3, 0.4) is 0 Å². The zero-order valence-electron chi connectivity index (χ0n) is 17.0. The quantitative estimate of drug-likeness (QED) is 0.550. The van der Waals surface area contributed by atoms with Gasteiger partial charge in [-0.2, -0.15) is 0 Å². The van der Waals surface area contributed by atoms with E-state index in [4.69, 9.17) is 9.05 Å². The van der Waals surface area contributed by atoms with Crippen molar-refractivity contribution in [2.45, 2.75) is 52.4 Å². The van der Waals surface area contributed by atoms with E-state index in [9.17, 15) is 14.5 Å². The Morgan fingerprint density at radius 1 is 1.12 bits per heavy atom. The second-order valence-electron chi connectivity index (χ2n) is 8.49. The van der Waals surface area contributed by atoms with Crippen LogP contribution in [-0.4, -0.2) is 31.3 Å². The van der Waals surface area contributed by atoms with Gasteiger partial charge in [-0.1, -0.05) is 47.6 Å². The Morgan fingerprint density at radius 3 is 1.96 bits per heavy atom. The lowest BCUT2D eigenvalue weighted by Gasteiger charge is -2.27. The van der Waals surface area contributed by atoms with Gasteiger partial charge in [0.1, 0.15) is 12.4 Å². The van der Waals surface area contributed by atoms with Crippen LogP contribution in [-0.2, 0) is 29.2 Å². The molecule has 1 aromatic carbocycles. The maximum atomic E-state index is 12.0. The van der Waals surface area contributed by atoms with Crippen molar-refractivity contribution in [2.75, 3.05) is 20.4 Å². The topological polar surface area (TPSA) is 72.8 Å². The molecule has 1 atom stereocenters. The van der Waals surface area contributed by atoms with Crippen molar-refractivity contribution in [3.8, 4) is 5.75 Å². The summed E-state index contributed by atoms with van der Waals surface area (Å²) in [6, 6.07) is 3.77. The summed E-state index contributed by atoms with van der Waals surface area (Å²) in [5, 5.41) is 10.7. The molecule has 0 fully saturated rings. The monoisotopic (exact) mass is 382 g/mol. The third-order valence-corrected chi connectivity index (χ3v) is 5.24. The smallest absolute Gasteiger partial charge is 0.327 e. The van der Waals surface area contributed by atoms with Gasteiger partial charge in [-0.15, -0.1) is 0 Å². The van der Waals surface area contributed by atoms with E-state index in [1.54, 1.807) is 6.08 Å². The fraction of sp³-hybridized carbons (Fsp3) is 0.550. The minimum atomic E-state index is -3.18. The molecule has 0 saturated heterocycles. The Balaban J connectivity index is 3.17. The summed E-state index contributed by atoms with van der Waals surface area (Å²) in [5.74, 6) is -0.0179. The van der Waals surface area contributed by atoms with Gasteiger partial charge in [-0.25, -0.2) is 0 Å². The van der Waals surface area contributed by atoms with Crippen LogP contribution in [0.1, 0.15) is 58.2 Å². The highest BCUT2D eigenvalue weighted by Gasteiger charge is 2.26. The van der Waals surface area contributed by atoms with Crippen LogP contribution in [0.2, 0.25) is 0 Å². The Kier molecular flexibility index (Phi) is 7.03. The Hall–Kier alpha value is -1.42. The van der Waals surface area contributed by atoms with Gasteiger partial charge in [-0.05, 0) is 34.6 Å². The molecule has 1 aromatic rings. The molecule has 1 unspecified atom stereocenters. The van der Waals surface area contributed by atoms with E-state index in [1.807, 2.05) is 53.7 Å². The highest BCUT2D eigenvalue weighted by atomic mass is 31.2. The van der Waals surface area contributed by atoms with Gasteiger partial charge in [0.2, 0.25) is 0 Å². The van der Waals surface area contributed by atoms with Crippen molar-refractivity contribution in [1.82, 2.24) is 0 Å². The molecule has 0 aliphatic rings. The summed E-state index contributed by atoms with van der Waals surface area (Å²) in [4.78, 5) is 12.0. The average molecular weight is 382 g/mol. The van der Waals surface area contributed by atoms with E-state index in [2.05, 4.69) is 0 Å². The number of phenolic OH excluding ortho intramolecular Hbond substituents is 1. The van der Waals surface area contributed by atoms with Gasteiger partial charge in [-0.3, -0.25) is 9.36 Å². The predicted molar refractivity (Wildman–Crippen MR) is 106 cm³/mol. The van der Waals surface area contributed by atoms with Gasteiger partial charge in [0.15, 0.2) is 5.78 Å². The van der Waals surface area contributed by atoms with E-state index in [0.29, 0.717) is 5.75 Å². The molecule has 0 saturated carbocycles. The maximum absolute atomic E-state index is 12.0. The van der Waals surface area contributed by atoms with Crippen LogP contribution in [0, 0.1) is 0 Å². The SMILES string of the molecule is COP(C)(=O)OCC(=O)C=Cc1cc(C(C)(C)C)c(O)c(C(C)(C)C)c1. The molecule has 0 aromatic heterocycles. The molecule has 26 heavy (non-hydrogen) atoms. The first kappa shape index (κ1) is 22.6. The van der Waals surface area contributed by atoms with E-state index < -0.39 is 7.60 Å². The first-order valence-electron chi connectivity index (χ1n) is 8.54. The molecule has 0 heterocycles. The van der Waals surface area contributed by atoms with Crippen molar-refractivity contribution < 1.29 is 23.5 Å². The van der Waals surface area contributed by atoms with Gasteiger partial charge in [0.25, 0.3) is 0 Å². The molecule has 0 aliphatic carbocycles. The van der Waals surface area contributed by atoms with E-state index >= 15 is 0 Å². The Morgan fingerprint density at radius 2 is 1.58 bits per heavy atom. The summed E-state index contributed by atoms with van der Waals surface area (Å²) < 4.78 is 21.4. The van der Waals surface area contributed by atoms with Crippen LogP contribution in [0.25, 0.3) is 6.08 Å². The van der Waals surface area contributed by atoms with Crippen LogP contribution >= 0.6 is 7.60 Å². The zero-order chi connectivity index (χ0) is 20.3. The third kappa shape index (κ3) is 6.39. The number of ketones is 1. The number of aromatic hydroxyl groups is 1. The molecule has 0 bridgehead atoms. The molecular weight excluding hydrogens is 351 g/mol. The molecule has 0 radical (unpaired) electrons. The minimum absolute atomic E-state index is 0.242. The predicted octanol–water partition coefficient (Wildman–Crippen LogP) is 5.06. The third-order valence-electron chi connectivity index (χ3n) is 3.98. The highest BCUT2D eigenvalue weighted by Crippen LogP contribution is 2.42. The van der Waals surface area contributed by atoms with Crippen molar-refractivity contribution in [1.29, 1.82) is 0 Å². The summed E-state index contributed by atoms with van der Waals surface area (Å²) in [6.45, 7) is 13.2. The fourth-order valence-corrected chi connectivity index (χ4v) is 2.83. The molecule has 146 valence electrons. The van der Waals surface area contributed by atoms with E-state index in [-0.39, 0.29) is 23.2 Å². The van der Waals surface area contributed by atoms with Crippen molar-refractivity contribution in [3.63, 3.8) is 0 Å². The van der Waals surface area contributed by atoms with Crippen LogP contribution in [0.5, 0.6) is 5.75 Å². The first-order valence-corrected chi connectivity index (χ1v) is 10.5. The number of carbonyl (C=O) groups is 1. The standard InChI is InChI=1S/C20H31O5P/c1-19(2,3)16-11-14(12-17(18(16)22)20(4,5)6)9-10-15(21)13-25-26(8,23)24-7/h9-12,22H,13H2,1-8H3.